The summed E-state index contributed by atoms with van der Waals surface area (Å²) in [6, 6.07) is 12.8. The molecule has 0 saturated heterocycles. The molecular formula is C23H20F6N2O3S. The number of ether oxygens (including phenoxy) is 2. The van der Waals surface area contributed by atoms with Crippen LogP contribution in [0.5, 0.6) is 11.6 Å². The molecule has 0 radical (unpaired) electrons. The van der Waals surface area contributed by atoms with E-state index in [1.165, 1.54) is 25.3 Å². The van der Waals surface area contributed by atoms with Crippen LogP contribution in [0.25, 0.3) is 11.1 Å². The largest absolute Gasteiger partial charge is 0.489 e. The number of hydrogen-bond donors (Lipinski definition) is 1. The molecule has 35 heavy (non-hydrogen) atoms. The van der Waals surface area contributed by atoms with Crippen molar-refractivity contribution in [2.24, 2.45) is 0 Å². The number of nitrogens with one attached hydrogen (secondary N) is 1. The number of nitrogens with zero attached hydrogens (tertiary/aromatic N) is 1. The van der Waals surface area contributed by atoms with Gasteiger partial charge in [0.2, 0.25) is 5.88 Å². The lowest BCUT2D eigenvalue weighted by Crippen LogP contribution is -2.23. The van der Waals surface area contributed by atoms with Crippen molar-refractivity contribution in [2.75, 3.05) is 17.6 Å². The van der Waals surface area contributed by atoms with Crippen LogP contribution in [0.4, 0.5) is 32.0 Å². The summed E-state index contributed by atoms with van der Waals surface area (Å²) in [5.74, 6) is -1.23. The summed E-state index contributed by atoms with van der Waals surface area (Å²) in [4.78, 5) is 4.23. The van der Waals surface area contributed by atoms with Crippen LogP contribution in [-0.2, 0) is 23.8 Å². The lowest BCUT2D eigenvalue weighted by molar-refractivity contribution is -0.137. The van der Waals surface area contributed by atoms with Crippen molar-refractivity contribution < 1.29 is 40.0 Å². The molecule has 0 fully saturated rings. The Morgan fingerprint density at radius 2 is 1.71 bits per heavy atom. The lowest BCUT2D eigenvalue weighted by Gasteiger charge is -2.15. The topological polar surface area (TPSA) is 60.5 Å². The Hall–Kier alpha value is -3.28. The van der Waals surface area contributed by atoms with Gasteiger partial charge in [0.05, 0.1) is 12.7 Å². The highest BCUT2D eigenvalue weighted by atomic mass is 32.2. The van der Waals surface area contributed by atoms with E-state index in [-0.39, 0.29) is 18.2 Å². The first-order chi connectivity index (χ1) is 16.4. The minimum atomic E-state index is -4.63. The Bertz CT molecular complexity index is 1210. The summed E-state index contributed by atoms with van der Waals surface area (Å²) in [5.41, 5.74) is 1.10. The first-order valence-electron chi connectivity index (χ1n) is 10.0. The summed E-state index contributed by atoms with van der Waals surface area (Å²) in [6.07, 6.45) is -9.10. The van der Waals surface area contributed by atoms with Gasteiger partial charge in [0.1, 0.15) is 34.8 Å². The van der Waals surface area contributed by atoms with Crippen LogP contribution >= 0.6 is 0 Å². The van der Waals surface area contributed by atoms with Gasteiger partial charge in [0.25, 0.3) is 0 Å². The van der Waals surface area contributed by atoms with Crippen molar-refractivity contribution in [1.82, 2.24) is 4.98 Å². The van der Waals surface area contributed by atoms with Gasteiger partial charge in [-0.1, -0.05) is 24.3 Å². The van der Waals surface area contributed by atoms with Crippen LogP contribution in [0.1, 0.15) is 16.8 Å². The van der Waals surface area contributed by atoms with E-state index in [9.17, 15) is 30.6 Å². The average Bonchev–Trinajstić information content (AvgIpc) is 2.77. The standard InChI is InChI=1S/C23H20F6N2O3S/c1-14-19(11-20(21(30-14)33-2)31-35(32)13-22(24,25)26)16-6-4-8-18(10-16)34-12-15-5-3-7-17(9-15)23(27,28)29/h3-11,31H,12-13H2,1-2H3. The summed E-state index contributed by atoms with van der Waals surface area (Å²) in [5, 5.41) is 0. The zero-order valence-electron chi connectivity index (χ0n) is 18.5. The third kappa shape index (κ3) is 7.35. The van der Waals surface area contributed by atoms with Crippen LogP contribution in [-0.4, -0.2) is 28.2 Å². The monoisotopic (exact) mass is 518 g/mol. The predicted octanol–water partition coefficient (Wildman–Crippen LogP) is 6.30. The minimum absolute atomic E-state index is 0.00553. The molecular weight excluding hydrogens is 498 g/mol. The number of rotatable bonds is 8. The van der Waals surface area contributed by atoms with Gasteiger partial charge < -0.3 is 9.47 Å². The molecule has 1 heterocycles. The summed E-state index contributed by atoms with van der Waals surface area (Å²) in [6.45, 7) is 1.54. The SMILES string of the molecule is COc1nc(C)c(-c2cccc(OCc3cccc(C(F)(F)F)c3)c2)cc1NS(=O)CC(F)(F)F. The number of halogens is 6. The van der Waals surface area contributed by atoms with Crippen molar-refractivity contribution in [3.05, 3.63) is 71.4 Å². The normalized spacial score (nSPS) is 12.8. The number of pyridine rings is 1. The molecule has 0 aliphatic carbocycles. The third-order valence-electron chi connectivity index (χ3n) is 4.69. The summed E-state index contributed by atoms with van der Waals surface area (Å²) < 4.78 is 101. The number of aromatic nitrogens is 1. The molecule has 5 nitrogen and oxygen atoms in total. The van der Waals surface area contributed by atoms with Crippen LogP contribution in [0.2, 0.25) is 0 Å². The number of alkyl halides is 6. The molecule has 2 aromatic carbocycles. The highest BCUT2D eigenvalue weighted by Gasteiger charge is 2.31. The quantitative estimate of drug-likeness (QED) is 0.356. The Balaban J connectivity index is 1.83. The fourth-order valence-electron chi connectivity index (χ4n) is 3.17. The highest BCUT2D eigenvalue weighted by Crippen LogP contribution is 2.34. The zero-order valence-corrected chi connectivity index (χ0v) is 19.3. The van der Waals surface area contributed by atoms with Gasteiger partial charge >= 0.3 is 12.4 Å². The van der Waals surface area contributed by atoms with Crippen LogP contribution in [0, 0.1) is 6.92 Å². The van der Waals surface area contributed by atoms with Crippen molar-refractivity contribution >= 4 is 16.7 Å². The van der Waals surface area contributed by atoms with Gasteiger partial charge in [0.15, 0.2) is 0 Å². The van der Waals surface area contributed by atoms with Crippen molar-refractivity contribution in [2.45, 2.75) is 25.9 Å². The van der Waals surface area contributed by atoms with Crippen molar-refractivity contribution in [3.63, 3.8) is 0 Å². The molecule has 1 atom stereocenters. The molecule has 0 spiro atoms. The molecule has 1 unspecified atom stereocenters. The highest BCUT2D eigenvalue weighted by molar-refractivity contribution is 7.86. The maximum Gasteiger partial charge on any atom is 0.416 e. The van der Waals surface area contributed by atoms with Gasteiger partial charge in [-0.05, 0) is 48.4 Å². The second-order valence-electron chi connectivity index (χ2n) is 7.40. The lowest BCUT2D eigenvalue weighted by atomic mass is 10.0. The molecule has 0 aliphatic heterocycles. The number of anilines is 1. The van der Waals surface area contributed by atoms with Gasteiger partial charge in [0, 0.05) is 11.3 Å². The van der Waals surface area contributed by atoms with Crippen molar-refractivity contribution in [1.29, 1.82) is 0 Å². The smallest absolute Gasteiger partial charge is 0.416 e. The minimum Gasteiger partial charge on any atom is -0.489 e. The van der Waals surface area contributed by atoms with E-state index < -0.39 is 34.7 Å². The fourth-order valence-corrected chi connectivity index (χ4v) is 3.93. The van der Waals surface area contributed by atoms with E-state index in [2.05, 4.69) is 9.71 Å². The number of aryl methyl sites for hydroxylation is 1. The Morgan fingerprint density at radius 3 is 2.37 bits per heavy atom. The zero-order chi connectivity index (χ0) is 25.8. The number of benzene rings is 2. The second kappa shape index (κ2) is 10.5. The summed E-state index contributed by atoms with van der Waals surface area (Å²) in [7, 11) is -1.18. The summed E-state index contributed by atoms with van der Waals surface area (Å²) >= 11 is 0. The second-order valence-corrected chi connectivity index (χ2v) is 8.58. The van der Waals surface area contributed by atoms with E-state index in [0.717, 1.165) is 12.1 Å². The van der Waals surface area contributed by atoms with E-state index in [0.29, 0.717) is 28.1 Å². The van der Waals surface area contributed by atoms with E-state index >= 15 is 0 Å². The van der Waals surface area contributed by atoms with Gasteiger partial charge in [-0.25, -0.2) is 9.19 Å². The molecule has 0 amide bonds. The molecule has 0 saturated carbocycles. The molecule has 1 aromatic heterocycles. The van der Waals surface area contributed by atoms with Crippen LogP contribution < -0.4 is 14.2 Å². The Kier molecular flexibility index (Phi) is 7.93. The molecule has 3 aromatic rings. The van der Waals surface area contributed by atoms with Crippen molar-refractivity contribution in [3.8, 4) is 22.8 Å². The van der Waals surface area contributed by atoms with E-state index in [4.69, 9.17) is 9.47 Å². The molecule has 12 heteroatoms. The fraction of sp³-hybridized carbons (Fsp3) is 0.261. The van der Waals surface area contributed by atoms with E-state index in [1.807, 2.05) is 0 Å². The molecule has 188 valence electrons. The molecule has 3 rings (SSSR count). The van der Waals surface area contributed by atoms with Gasteiger partial charge in [-0.2, -0.15) is 26.3 Å². The van der Waals surface area contributed by atoms with Gasteiger partial charge in [-0.3, -0.25) is 4.72 Å². The molecule has 1 N–H and O–H groups in total. The maximum absolute atomic E-state index is 12.9. The Morgan fingerprint density at radius 1 is 1.00 bits per heavy atom. The first kappa shape index (κ1) is 26.3. The number of methoxy groups -OCH3 is 1. The number of hydrogen-bond acceptors (Lipinski definition) is 4. The van der Waals surface area contributed by atoms with Crippen LogP contribution in [0.3, 0.4) is 0 Å². The average molecular weight is 518 g/mol. The van der Waals surface area contributed by atoms with Gasteiger partial charge in [-0.15, -0.1) is 0 Å². The first-order valence-corrected chi connectivity index (χ1v) is 11.3. The predicted molar refractivity (Wildman–Crippen MR) is 119 cm³/mol. The van der Waals surface area contributed by atoms with E-state index in [1.54, 1.807) is 31.2 Å². The molecule has 0 bridgehead atoms. The maximum atomic E-state index is 12.9. The third-order valence-corrected chi connectivity index (χ3v) is 5.73. The molecule has 0 aliphatic rings. The Labute approximate surface area is 199 Å². The van der Waals surface area contributed by atoms with Crippen LogP contribution in [0.15, 0.2) is 54.6 Å².